The Labute approximate surface area is 53.9 Å². The molecule has 0 aliphatic carbocycles. The van der Waals surface area contributed by atoms with Gasteiger partial charge in [-0.15, -0.1) is 4.98 Å². The van der Waals surface area contributed by atoms with E-state index in [1.165, 1.54) is 0 Å². The fourth-order valence-corrected chi connectivity index (χ4v) is 0.795. The molecule has 1 rings (SSSR count). The molecule has 0 unspecified atom stereocenters. The third-order valence-electron chi connectivity index (χ3n) is 1.03. The van der Waals surface area contributed by atoms with Crippen LogP contribution < -0.4 is 10.7 Å². The number of aromatic nitrogens is 2. The van der Waals surface area contributed by atoms with E-state index in [0.717, 1.165) is 11.5 Å². The molecule has 0 fully saturated rings. The van der Waals surface area contributed by atoms with E-state index >= 15 is 0 Å². The number of H-pyrrole nitrogens is 1. The van der Waals surface area contributed by atoms with E-state index in [-0.39, 0.29) is 0 Å². The number of anilines is 1. The smallest absolute Gasteiger partial charge is 0.233 e. The monoisotopic (exact) mass is 124 g/mol. The molecular formula is C6H10N3+. The van der Waals surface area contributed by atoms with Crippen molar-refractivity contribution in [3.05, 3.63) is 17.6 Å². The van der Waals surface area contributed by atoms with Gasteiger partial charge in [0.25, 0.3) is 0 Å². The molecular weight excluding hydrogens is 114 g/mol. The number of nitrogens with zero attached hydrogens (tertiary/aromatic N) is 1. The summed E-state index contributed by atoms with van der Waals surface area (Å²) in [7, 11) is 0. The van der Waals surface area contributed by atoms with E-state index in [1.54, 1.807) is 6.07 Å². The first kappa shape index (κ1) is 6.01. The third-order valence-corrected chi connectivity index (χ3v) is 1.03. The zero-order valence-electron chi connectivity index (χ0n) is 5.60. The number of hydrogen-bond acceptors (Lipinski definition) is 2. The summed E-state index contributed by atoms with van der Waals surface area (Å²) in [6, 6.07) is 1.80. The van der Waals surface area contributed by atoms with Crippen molar-refractivity contribution in [1.29, 1.82) is 0 Å². The maximum atomic E-state index is 5.46. The van der Waals surface area contributed by atoms with Crippen LogP contribution in [0.1, 0.15) is 11.5 Å². The summed E-state index contributed by atoms with van der Waals surface area (Å²) in [4.78, 5) is 6.98. The summed E-state index contributed by atoms with van der Waals surface area (Å²) < 4.78 is 0. The quantitative estimate of drug-likeness (QED) is 0.533. The molecule has 3 heteroatoms. The van der Waals surface area contributed by atoms with Crippen LogP contribution >= 0.6 is 0 Å². The van der Waals surface area contributed by atoms with Gasteiger partial charge in [-0.05, 0) is 6.92 Å². The van der Waals surface area contributed by atoms with Gasteiger partial charge >= 0.3 is 0 Å². The first-order chi connectivity index (χ1) is 4.18. The van der Waals surface area contributed by atoms with Gasteiger partial charge in [-0.2, -0.15) is 0 Å². The van der Waals surface area contributed by atoms with E-state index < -0.39 is 0 Å². The molecule has 0 aliphatic heterocycles. The second-order valence-corrected chi connectivity index (χ2v) is 2.06. The first-order valence-electron chi connectivity index (χ1n) is 2.81. The van der Waals surface area contributed by atoms with Crippen LogP contribution in [-0.4, -0.2) is 4.98 Å². The maximum absolute atomic E-state index is 5.46. The van der Waals surface area contributed by atoms with E-state index in [0.29, 0.717) is 5.82 Å². The van der Waals surface area contributed by atoms with E-state index in [1.807, 2.05) is 13.8 Å². The van der Waals surface area contributed by atoms with Crippen LogP contribution in [0.2, 0.25) is 0 Å². The van der Waals surface area contributed by atoms with Gasteiger partial charge in [0.1, 0.15) is 5.69 Å². The van der Waals surface area contributed by atoms with Crippen LogP contribution in [0.5, 0.6) is 0 Å². The molecule has 0 saturated carbocycles. The second kappa shape index (κ2) is 2.01. The minimum absolute atomic E-state index is 0.667. The molecule has 9 heavy (non-hydrogen) atoms. The lowest BCUT2D eigenvalue weighted by molar-refractivity contribution is -0.375. The highest BCUT2D eigenvalue weighted by molar-refractivity contribution is 5.21. The standard InChI is InChI=1S/C6H9N3/c1-4-3-6(7)9-5(2)8-4/h3H,1-2H3,(H2,7,8,9)/p+1. The Kier molecular flexibility index (Phi) is 1.34. The van der Waals surface area contributed by atoms with Crippen molar-refractivity contribution in [2.45, 2.75) is 13.8 Å². The predicted octanol–water partition coefficient (Wildman–Crippen LogP) is 0.0947. The third kappa shape index (κ3) is 1.38. The molecule has 1 heterocycles. The lowest BCUT2D eigenvalue weighted by Crippen LogP contribution is -2.15. The average Bonchev–Trinajstić information content (AvgIpc) is 1.59. The number of nitrogens with two attached hydrogens (primary N) is 1. The molecule has 1 aromatic rings. The number of hydrogen-bond donors (Lipinski definition) is 1. The molecule has 0 amide bonds. The Morgan fingerprint density at radius 2 is 2.22 bits per heavy atom. The van der Waals surface area contributed by atoms with Gasteiger partial charge in [-0.1, -0.05) is 0 Å². The predicted molar refractivity (Wildman–Crippen MR) is 34.7 cm³/mol. The molecule has 3 N–H and O–H groups in total. The van der Waals surface area contributed by atoms with Gasteiger partial charge < -0.3 is 5.73 Å². The SMILES string of the molecule is Cc1cc(N)[nH+]c(C)n1. The summed E-state index contributed by atoms with van der Waals surface area (Å²) in [6.07, 6.45) is 0. The largest absolute Gasteiger partial charge is 0.319 e. The summed E-state index contributed by atoms with van der Waals surface area (Å²) in [5.74, 6) is 1.52. The van der Waals surface area contributed by atoms with Crippen molar-refractivity contribution in [2.24, 2.45) is 0 Å². The highest BCUT2D eigenvalue weighted by atomic mass is 14.9. The fourth-order valence-electron chi connectivity index (χ4n) is 0.795. The molecule has 0 spiro atoms. The van der Waals surface area contributed by atoms with Crippen LogP contribution in [0.4, 0.5) is 5.82 Å². The summed E-state index contributed by atoms with van der Waals surface area (Å²) in [5, 5.41) is 0. The molecule has 0 saturated heterocycles. The van der Waals surface area contributed by atoms with Crippen LogP contribution in [0, 0.1) is 13.8 Å². The second-order valence-electron chi connectivity index (χ2n) is 2.06. The lowest BCUT2D eigenvalue weighted by atomic mass is 10.4. The molecule has 0 aliphatic rings. The average molecular weight is 124 g/mol. The van der Waals surface area contributed by atoms with Crippen molar-refractivity contribution in [2.75, 3.05) is 5.73 Å². The Balaban J connectivity index is 3.17. The molecule has 0 atom stereocenters. The van der Waals surface area contributed by atoms with E-state index in [9.17, 15) is 0 Å². The Morgan fingerprint density at radius 1 is 1.56 bits per heavy atom. The Hall–Kier alpha value is -1.12. The zero-order chi connectivity index (χ0) is 6.85. The lowest BCUT2D eigenvalue weighted by Gasteiger charge is -1.88. The minimum Gasteiger partial charge on any atom is -0.319 e. The number of rotatable bonds is 0. The molecule has 0 radical (unpaired) electrons. The molecule has 0 aromatic carbocycles. The Bertz CT molecular complexity index is 169. The van der Waals surface area contributed by atoms with Crippen LogP contribution in [0.3, 0.4) is 0 Å². The van der Waals surface area contributed by atoms with Crippen LogP contribution in [0.25, 0.3) is 0 Å². The Morgan fingerprint density at radius 3 is 2.67 bits per heavy atom. The topological polar surface area (TPSA) is 53.0 Å². The van der Waals surface area contributed by atoms with Gasteiger partial charge in [0.05, 0.1) is 0 Å². The molecule has 48 valence electrons. The van der Waals surface area contributed by atoms with Crippen LogP contribution in [0.15, 0.2) is 6.07 Å². The van der Waals surface area contributed by atoms with Gasteiger partial charge in [-0.25, -0.2) is 4.98 Å². The number of nitrogens with one attached hydrogen (secondary N) is 1. The van der Waals surface area contributed by atoms with Gasteiger partial charge in [0, 0.05) is 13.0 Å². The normalized spacial score (nSPS) is 9.56. The van der Waals surface area contributed by atoms with Crippen molar-refractivity contribution < 1.29 is 4.98 Å². The molecule has 3 nitrogen and oxygen atoms in total. The van der Waals surface area contributed by atoms with Gasteiger partial charge in [0.2, 0.25) is 11.6 Å². The van der Waals surface area contributed by atoms with Crippen molar-refractivity contribution in [3.8, 4) is 0 Å². The summed E-state index contributed by atoms with van der Waals surface area (Å²) in [5.41, 5.74) is 6.41. The molecule has 0 bridgehead atoms. The summed E-state index contributed by atoms with van der Waals surface area (Å²) >= 11 is 0. The zero-order valence-corrected chi connectivity index (χ0v) is 5.60. The van der Waals surface area contributed by atoms with Gasteiger partial charge in [0.15, 0.2) is 0 Å². The van der Waals surface area contributed by atoms with Crippen molar-refractivity contribution in [3.63, 3.8) is 0 Å². The summed E-state index contributed by atoms with van der Waals surface area (Å²) in [6.45, 7) is 3.79. The van der Waals surface area contributed by atoms with E-state index in [2.05, 4.69) is 9.97 Å². The van der Waals surface area contributed by atoms with Crippen molar-refractivity contribution in [1.82, 2.24) is 4.98 Å². The first-order valence-corrected chi connectivity index (χ1v) is 2.81. The number of aryl methyl sites for hydroxylation is 2. The molecule has 1 aromatic heterocycles. The highest BCUT2D eigenvalue weighted by Gasteiger charge is 1.97. The van der Waals surface area contributed by atoms with E-state index in [4.69, 9.17) is 5.73 Å². The van der Waals surface area contributed by atoms with Gasteiger partial charge in [-0.3, -0.25) is 0 Å². The fraction of sp³-hybridized carbons (Fsp3) is 0.333. The highest BCUT2D eigenvalue weighted by Crippen LogP contribution is 1.93. The van der Waals surface area contributed by atoms with Crippen molar-refractivity contribution >= 4 is 5.82 Å². The van der Waals surface area contributed by atoms with Crippen LogP contribution in [-0.2, 0) is 0 Å². The minimum atomic E-state index is 0.667. The number of nitrogen functional groups attached to an aromatic ring is 1. The maximum Gasteiger partial charge on any atom is 0.233 e. The number of aromatic amines is 1.